The molecule has 1 aliphatic rings. The van der Waals surface area contributed by atoms with Gasteiger partial charge in [0.05, 0.1) is 11.0 Å². The van der Waals surface area contributed by atoms with Gasteiger partial charge in [-0.05, 0) is 96.7 Å². The van der Waals surface area contributed by atoms with E-state index in [0.717, 1.165) is 35.6 Å². The van der Waals surface area contributed by atoms with Crippen molar-refractivity contribution in [1.82, 2.24) is 4.57 Å². The van der Waals surface area contributed by atoms with E-state index in [2.05, 4.69) is 181 Å². The summed E-state index contributed by atoms with van der Waals surface area (Å²) in [5.74, 6) is 0. The number of hydrogen-bond acceptors (Lipinski definition) is 1. The largest absolute Gasteiger partial charge is 0.310 e. The molecule has 1 aromatic heterocycles. The van der Waals surface area contributed by atoms with Gasteiger partial charge >= 0.3 is 0 Å². The molecule has 6 aromatic rings. The van der Waals surface area contributed by atoms with Gasteiger partial charge in [-0.25, -0.2) is 0 Å². The molecule has 0 unspecified atom stereocenters. The SMILES string of the molecule is C=C/C(=C\C=C(/C)c1ccccc1)N(c1ccc(C2=CC=CCC2)cc1)c1cccc(-n2c3ccccc3c3ccccc32)c1. The summed E-state index contributed by atoms with van der Waals surface area (Å²) in [4.78, 5) is 2.30. The van der Waals surface area contributed by atoms with Crippen LogP contribution in [0.15, 0.2) is 176 Å². The number of hydrogen-bond donors (Lipinski definition) is 0. The van der Waals surface area contributed by atoms with Crippen molar-refractivity contribution < 1.29 is 0 Å². The molecule has 0 atom stereocenters. The molecule has 2 nitrogen and oxygen atoms in total. The topological polar surface area (TPSA) is 8.17 Å². The fraction of sp³-hybridized carbons (Fsp3) is 0.0698. The minimum absolute atomic E-state index is 0.997. The van der Waals surface area contributed by atoms with E-state index in [1.807, 2.05) is 6.08 Å². The van der Waals surface area contributed by atoms with E-state index in [9.17, 15) is 0 Å². The van der Waals surface area contributed by atoms with E-state index < -0.39 is 0 Å². The third-order valence-corrected chi connectivity index (χ3v) is 8.64. The van der Waals surface area contributed by atoms with Gasteiger partial charge < -0.3 is 9.47 Å². The monoisotopic (exact) mass is 580 g/mol. The third kappa shape index (κ3) is 5.59. The Bertz CT molecular complexity index is 2070. The molecule has 0 saturated carbocycles. The highest BCUT2D eigenvalue weighted by molar-refractivity contribution is 6.09. The average molecular weight is 581 g/mol. The highest BCUT2D eigenvalue weighted by Crippen LogP contribution is 2.37. The summed E-state index contributed by atoms with van der Waals surface area (Å²) in [5, 5.41) is 2.51. The van der Waals surface area contributed by atoms with Crippen molar-refractivity contribution in [2.24, 2.45) is 0 Å². The van der Waals surface area contributed by atoms with Crippen molar-refractivity contribution in [3.63, 3.8) is 0 Å². The lowest BCUT2D eigenvalue weighted by Gasteiger charge is -2.27. The number of para-hydroxylation sites is 2. The fourth-order valence-electron chi connectivity index (χ4n) is 6.33. The van der Waals surface area contributed by atoms with E-state index >= 15 is 0 Å². The van der Waals surface area contributed by atoms with Crippen LogP contribution in [0.1, 0.15) is 30.9 Å². The second kappa shape index (κ2) is 12.6. The molecule has 0 bridgehead atoms. The zero-order valence-electron chi connectivity index (χ0n) is 25.6. The molecular formula is C43H36N2. The third-order valence-electron chi connectivity index (χ3n) is 8.64. The first-order chi connectivity index (χ1) is 22.2. The van der Waals surface area contributed by atoms with Crippen LogP contribution in [0.3, 0.4) is 0 Å². The van der Waals surface area contributed by atoms with Crippen molar-refractivity contribution in [1.29, 1.82) is 0 Å². The van der Waals surface area contributed by atoms with Crippen LogP contribution in [0.5, 0.6) is 0 Å². The quantitative estimate of drug-likeness (QED) is 0.163. The number of anilines is 2. The van der Waals surface area contributed by atoms with Crippen LogP contribution in [-0.4, -0.2) is 4.57 Å². The summed E-state index contributed by atoms with van der Waals surface area (Å²) in [5.41, 5.74) is 11.7. The molecule has 0 fully saturated rings. The molecule has 45 heavy (non-hydrogen) atoms. The number of aromatic nitrogens is 1. The highest BCUT2D eigenvalue weighted by Gasteiger charge is 2.17. The Kier molecular flexibility index (Phi) is 7.87. The van der Waals surface area contributed by atoms with Gasteiger partial charge in [0.1, 0.15) is 0 Å². The summed E-state index contributed by atoms with van der Waals surface area (Å²) in [6.45, 7) is 6.42. The number of fused-ring (bicyclic) bond motifs is 3. The first-order valence-corrected chi connectivity index (χ1v) is 15.6. The van der Waals surface area contributed by atoms with Gasteiger partial charge in [0.15, 0.2) is 0 Å². The normalized spacial score (nSPS) is 13.7. The van der Waals surface area contributed by atoms with Crippen LogP contribution >= 0.6 is 0 Å². The van der Waals surface area contributed by atoms with E-state index in [-0.39, 0.29) is 0 Å². The first-order valence-electron chi connectivity index (χ1n) is 15.6. The van der Waals surface area contributed by atoms with Crippen LogP contribution in [0.25, 0.3) is 38.6 Å². The smallest absolute Gasteiger partial charge is 0.0541 e. The average Bonchev–Trinajstić information content (AvgIpc) is 3.45. The molecule has 1 aliphatic carbocycles. The van der Waals surface area contributed by atoms with Crippen molar-refractivity contribution in [3.8, 4) is 5.69 Å². The molecule has 0 spiro atoms. The van der Waals surface area contributed by atoms with Crippen LogP contribution in [0.4, 0.5) is 11.4 Å². The van der Waals surface area contributed by atoms with Crippen molar-refractivity contribution >= 4 is 44.3 Å². The molecule has 7 rings (SSSR count). The molecule has 5 aromatic carbocycles. The van der Waals surface area contributed by atoms with E-state index in [1.54, 1.807) is 0 Å². The lowest BCUT2D eigenvalue weighted by atomic mass is 9.97. The van der Waals surface area contributed by atoms with E-state index in [1.165, 1.54) is 44.1 Å². The summed E-state index contributed by atoms with van der Waals surface area (Å²) in [6, 6.07) is 45.6. The summed E-state index contributed by atoms with van der Waals surface area (Å²) < 4.78 is 2.37. The summed E-state index contributed by atoms with van der Waals surface area (Å²) in [6.07, 6.45) is 15.1. The molecule has 1 heterocycles. The highest BCUT2D eigenvalue weighted by atomic mass is 15.1. The van der Waals surface area contributed by atoms with Crippen molar-refractivity contribution in [2.45, 2.75) is 19.8 Å². The lowest BCUT2D eigenvalue weighted by molar-refractivity contribution is 1.05. The van der Waals surface area contributed by atoms with Gasteiger partial charge in [-0.15, -0.1) is 0 Å². The molecule has 0 N–H and O–H groups in total. The van der Waals surface area contributed by atoms with E-state index in [4.69, 9.17) is 0 Å². The van der Waals surface area contributed by atoms with Gasteiger partial charge in [0.25, 0.3) is 0 Å². The van der Waals surface area contributed by atoms with Crippen LogP contribution in [-0.2, 0) is 0 Å². The lowest BCUT2D eigenvalue weighted by Crippen LogP contribution is -2.15. The standard InChI is InChI=1S/C43H36N2/c1-3-36(28-25-32(2)33-15-6-4-7-16-33)44(37-29-26-35(27-30-37)34-17-8-5-9-18-34)38-19-14-20-39(31-38)45-42-23-12-10-21-40(42)41-22-11-13-24-43(41)45/h3-8,10-17,19-31H,1,9,18H2,2H3/b32-25+,36-28+. The number of allylic oxidation sites excluding steroid dienone is 8. The minimum Gasteiger partial charge on any atom is -0.310 e. The molecule has 0 aliphatic heterocycles. The second-order valence-electron chi connectivity index (χ2n) is 11.4. The maximum absolute atomic E-state index is 4.27. The van der Waals surface area contributed by atoms with Gasteiger partial charge in [0, 0.05) is 33.5 Å². The van der Waals surface area contributed by atoms with Crippen molar-refractivity contribution in [3.05, 3.63) is 187 Å². The maximum atomic E-state index is 4.27. The Hall–Kier alpha value is -5.60. The molecular weight excluding hydrogens is 544 g/mol. The van der Waals surface area contributed by atoms with Crippen molar-refractivity contribution in [2.75, 3.05) is 4.90 Å². The fourth-order valence-corrected chi connectivity index (χ4v) is 6.33. The first kappa shape index (κ1) is 28.2. The molecule has 2 heteroatoms. The van der Waals surface area contributed by atoms with Gasteiger partial charge in [-0.2, -0.15) is 0 Å². The number of benzene rings is 5. The maximum Gasteiger partial charge on any atom is 0.0541 e. The van der Waals surface area contributed by atoms with Gasteiger partial charge in [-0.1, -0.05) is 116 Å². The van der Waals surface area contributed by atoms with Crippen LogP contribution in [0.2, 0.25) is 0 Å². The molecule has 218 valence electrons. The Morgan fingerprint density at radius 2 is 1.40 bits per heavy atom. The zero-order chi connectivity index (χ0) is 30.6. The van der Waals surface area contributed by atoms with Crippen LogP contribution in [0, 0.1) is 0 Å². The molecule has 0 saturated heterocycles. The minimum atomic E-state index is 0.997. The predicted molar refractivity (Wildman–Crippen MR) is 194 cm³/mol. The van der Waals surface area contributed by atoms with Crippen LogP contribution < -0.4 is 4.90 Å². The Balaban J connectivity index is 1.37. The number of nitrogens with zero attached hydrogens (tertiary/aromatic N) is 2. The Labute approximate surface area is 265 Å². The summed E-state index contributed by atoms with van der Waals surface area (Å²) in [7, 11) is 0. The Morgan fingerprint density at radius 1 is 0.711 bits per heavy atom. The summed E-state index contributed by atoms with van der Waals surface area (Å²) >= 11 is 0. The zero-order valence-corrected chi connectivity index (χ0v) is 25.6. The molecule has 0 radical (unpaired) electrons. The Morgan fingerprint density at radius 3 is 2.07 bits per heavy atom. The van der Waals surface area contributed by atoms with Gasteiger partial charge in [-0.3, -0.25) is 0 Å². The number of rotatable bonds is 8. The second-order valence-corrected chi connectivity index (χ2v) is 11.4. The van der Waals surface area contributed by atoms with Gasteiger partial charge in [0.2, 0.25) is 0 Å². The van der Waals surface area contributed by atoms with E-state index in [0.29, 0.717) is 0 Å². The predicted octanol–water partition coefficient (Wildman–Crippen LogP) is 11.8. The molecule has 0 amide bonds.